The van der Waals surface area contributed by atoms with Crippen LogP contribution in [0.2, 0.25) is 5.02 Å². The van der Waals surface area contributed by atoms with Gasteiger partial charge in [0.05, 0.1) is 23.9 Å². The first-order chi connectivity index (χ1) is 10.2. The summed E-state index contributed by atoms with van der Waals surface area (Å²) in [5.74, 6) is 0.0238. The zero-order chi connectivity index (χ0) is 14.8. The molecule has 112 valence electrons. The van der Waals surface area contributed by atoms with E-state index in [0.29, 0.717) is 55.5 Å². The number of benzene rings is 1. The molecule has 6 heteroatoms. The lowest BCUT2D eigenvalue weighted by atomic mass is 10.1. The van der Waals surface area contributed by atoms with Crippen LogP contribution in [0.4, 0.5) is 5.69 Å². The topological polar surface area (TPSA) is 49.9 Å². The van der Waals surface area contributed by atoms with E-state index in [1.807, 2.05) is 0 Å². The normalized spacial score (nSPS) is 19.2. The molecule has 0 spiro atoms. The third-order valence-electron chi connectivity index (χ3n) is 3.86. The van der Waals surface area contributed by atoms with Crippen LogP contribution in [-0.4, -0.2) is 49.6 Å². The molecule has 0 unspecified atom stereocenters. The van der Waals surface area contributed by atoms with Crippen molar-refractivity contribution in [3.63, 3.8) is 0 Å². The molecule has 0 aliphatic carbocycles. The Kier molecular flexibility index (Phi) is 4.12. The number of carbonyl (C=O) groups excluding carboxylic acids is 2. The second kappa shape index (κ2) is 6.03. The Labute approximate surface area is 128 Å². The number of halogens is 1. The lowest BCUT2D eigenvalue weighted by Crippen LogP contribution is -2.40. The highest BCUT2D eigenvalue weighted by Gasteiger charge is 2.25. The number of ether oxygens (including phenoxy) is 1. The number of hydrogen-bond donors (Lipinski definition) is 0. The minimum Gasteiger partial charge on any atom is -0.378 e. The SMILES string of the molecule is O=C(c1ccc(Cl)c(N2CCCC2=O)c1)N1CCOCC1. The van der Waals surface area contributed by atoms with Crippen molar-refractivity contribution in [1.82, 2.24) is 4.90 Å². The van der Waals surface area contributed by atoms with Crippen molar-refractivity contribution in [3.8, 4) is 0 Å². The number of nitrogens with zero attached hydrogens (tertiary/aromatic N) is 2. The zero-order valence-corrected chi connectivity index (χ0v) is 12.4. The monoisotopic (exact) mass is 308 g/mol. The van der Waals surface area contributed by atoms with E-state index in [1.54, 1.807) is 28.0 Å². The molecule has 2 aliphatic rings. The zero-order valence-electron chi connectivity index (χ0n) is 11.7. The minimum atomic E-state index is -0.0390. The summed E-state index contributed by atoms with van der Waals surface area (Å²) >= 11 is 6.19. The van der Waals surface area contributed by atoms with Crippen molar-refractivity contribution < 1.29 is 14.3 Å². The van der Waals surface area contributed by atoms with Gasteiger partial charge >= 0.3 is 0 Å². The number of rotatable bonds is 2. The third kappa shape index (κ3) is 2.89. The van der Waals surface area contributed by atoms with Gasteiger partial charge in [-0.15, -0.1) is 0 Å². The lowest BCUT2D eigenvalue weighted by molar-refractivity contribution is -0.117. The molecule has 0 saturated carbocycles. The first kappa shape index (κ1) is 14.4. The van der Waals surface area contributed by atoms with Crippen molar-refractivity contribution >= 4 is 29.1 Å². The number of hydrogen-bond acceptors (Lipinski definition) is 3. The van der Waals surface area contributed by atoms with Gasteiger partial charge in [0.15, 0.2) is 0 Å². The molecular weight excluding hydrogens is 292 g/mol. The summed E-state index contributed by atoms with van der Waals surface area (Å²) in [6.45, 7) is 2.99. The minimum absolute atomic E-state index is 0.0390. The van der Waals surface area contributed by atoms with Crippen molar-refractivity contribution in [2.45, 2.75) is 12.8 Å². The fourth-order valence-corrected chi connectivity index (χ4v) is 2.92. The summed E-state index contributed by atoms with van der Waals surface area (Å²) < 4.78 is 5.26. The van der Waals surface area contributed by atoms with Crippen molar-refractivity contribution in [2.75, 3.05) is 37.7 Å². The highest BCUT2D eigenvalue weighted by Crippen LogP contribution is 2.30. The van der Waals surface area contributed by atoms with Crippen LogP contribution in [0.25, 0.3) is 0 Å². The average molecular weight is 309 g/mol. The second-order valence-electron chi connectivity index (χ2n) is 5.22. The van der Waals surface area contributed by atoms with Crippen LogP contribution in [-0.2, 0) is 9.53 Å². The lowest BCUT2D eigenvalue weighted by Gasteiger charge is -2.27. The van der Waals surface area contributed by atoms with Gasteiger partial charge in [-0.05, 0) is 24.6 Å². The van der Waals surface area contributed by atoms with Crippen molar-refractivity contribution in [1.29, 1.82) is 0 Å². The van der Waals surface area contributed by atoms with E-state index in [2.05, 4.69) is 0 Å². The average Bonchev–Trinajstić information content (AvgIpc) is 2.94. The number of morpholine rings is 1. The van der Waals surface area contributed by atoms with Crippen LogP contribution < -0.4 is 4.90 Å². The van der Waals surface area contributed by atoms with Gasteiger partial charge in [-0.1, -0.05) is 11.6 Å². The van der Waals surface area contributed by atoms with Crippen LogP contribution in [0.5, 0.6) is 0 Å². The molecule has 0 N–H and O–H groups in total. The Hall–Kier alpha value is -1.59. The Morgan fingerprint density at radius 3 is 2.62 bits per heavy atom. The quantitative estimate of drug-likeness (QED) is 0.839. The maximum Gasteiger partial charge on any atom is 0.254 e. The largest absolute Gasteiger partial charge is 0.378 e. The molecule has 1 aromatic carbocycles. The molecule has 3 rings (SSSR count). The van der Waals surface area contributed by atoms with E-state index in [9.17, 15) is 9.59 Å². The molecule has 0 radical (unpaired) electrons. The molecule has 21 heavy (non-hydrogen) atoms. The highest BCUT2D eigenvalue weighted by molar-refractivity contribution is 6.34. The fourth-order valence-electron chi connectivity index (χ4n) is 2.70. The molecule has 0 atom stereocenters. The molecular formula is C15H17ClN2O3. The summed E-state index contributed by atoms with van der Waals surface area (Å²) in [5.41, 5.74) is 1.20. The van der Waals surface area contributed by atoms with E-state index in [1.165, 1.54) is 0 Å². The second-order valence-corrected chi connectivity index (χ2v) is 5.63. The molecule has 0 aromatic heterocycles. The molecule has 5 nitrogen and oxygen atoms in total. The van der Waals surface area contributed by atoms with Crippen LogP contribution in [0.15, 0.2) is 18.2 Å². The van der Waals surface area contributed by atoms with Crippen LogP contribution in [0.1, 0.15) is 23.2 Å². The predicted molar refractivity (Wildman–Crippen MR) is 79.8 cm³/mol. The molecule has 2 saturated heterocycles. The molecule has 2 aliphatic heterocycles. The van der Waals surface area contributed by atoms with Gasteiger partial charge in [0, 0.05) is 31.6 Å². The Morgan fingerprint density at radius 1 is 1.19 bits per heavy atom. The first-order valence-corrected chi connectivity index (χ1v) is 7.51. The molecule has 2 heterocycles. The standard InChI is InChI=1S/C15H17ClN2O3/c16-12-4-3-11(15(20)17-6-8-21-9-7-17)10-13(12)18-5-1-2-14(18)19/h3-4,10H,1-2,5-9H2. The molecule has 2 amide bonds. The summed E-state index contributed by atoms with van der Waals surface area (Å²) in [4.78, 5) is 27.8. The van der Waals surface area contributed by atoms with Gasteiger partial charge in [0.2, 0.25) is 5.91 Å². The smallest absolute Gasteiger partial charge is 0.254 e. The number of amides is 2. The van der Waals surface area contributed by atoms with E-state index in [0.717, 1.165) is 6.42 Å². The number of anilines is 1. The van der Waals surface area contributed by atoms with Crippen molar-refractivity contribution in [2.24, 2.45) is 0 Å². The van der Waals surface area contributed by atoms with Crippen molar-refractivity contribution in [3.05, 3.63) is 28.8 Å². The van der Waals surface area contributed by atoms with Crippen LogP contribution in [0.3, 0.4) is 0 Å². The molecule has 1 aromatic rings. The van der Waals surface area contributed by atoms with Gasteiger partial charge in [-0.25, -0.2) is 0 Å². The summed E-state index contributed by atoms with van der Waals surface area (Å²) in [5, 5.41) is 0.503. The Balaban J connectivity index is 1.86. The Morgan fingerprint density at radius 2 is 1.95 bits per heavy atom. The summed E-state index contributed by atoms with van der Waals surface area (Å²) in [6, 6.07) is 5.13. The van der Waals surface area contributed by atoms with Gasteiger partial charge in [-0.3, -0.25) is 9.59 Å². The van der Waals surface area contributed by atoms with Crippen LogP contribution in [0, 0.1) is 0 Å². The first-order valence-electron chi connectivity index (χ1n) is 7.14. The predicted octanol–water partition coefficient (Wildman–Crippen LogP) is 1.94. The van der Waals surface area contributed by atoms with E-state index < -0.39 is 0 Å². The number of carbonyl (C=O) groups is 2. The van der Waals surface area contributed by atoms with Crippen LogP contribution >= 0.6 is 11.6 Å². The molecule has 0 bridgehead atoms. The highest BCUT2D eigenvalue weighted by atomic mass is 35.5. The van der Waals surface area contributed by atoms with Gasteiger partial charge in [-0.2, -0.15) is 0 Å². The van der Waals surface area contributed by atoms with E-state index in [4.69, 9.17) is 16.3 Å². The van der Waals surface area contributed by atoms with Gasteiger partial charge in [0.1, 0.15) is 0 Å². The summed E-state index contributed by atoms with van der Waals surface area (Å²) in [7, 11) is 0. The summed E-state index contributed by atoms with van der Waals surface area (Å²) in [6.07, 6.45) is 1.37. The Bertz CT molecular complexity index is 570. The molecule has 2 fully saturated rings. The van der Waals surface area contributed by atoms with Gasteiger partial charge < -0.3 is 14.5 Å². The van der Waals surface area contributed by atoms with E-state index >= 15 is 0 Å². The van der Waals surface area contributed by atoms with Gasteiger partial charge in [0.25, 0.3) is 5.91 Å². The fraction of sp³-hybridized carbons (Fsp3) is 0.467. The third-order valence-corrected chi connectivity index (χ3v) is 4.18. The van der Waals surface area contributed by atoms with E-state index in [-0.39, 0.29) is 11.8 Å². The maximum absolute atomic E-state index is 12.5. The maximum atomic E-state index is 12.5.